The Hall–Kier alpha value is -1.67. The lowest BCUT2D eigenvalue weighted by Crippen LogP contribution is -2.23. The lowest BCUT2D eigenvalue weighted by molar-refractivity contribution is 0.628. The predicted molar refractivity (Wildman–Crippen MR) is 67.2 cm³/mol. The summed E-state index contributed by atoms with van der Waals surface area (Å²) in [5.74, 6) is -0.179. The fourth-order valence-corrected chi connectivity index (χ4v) is 2.32. The van der Waals surface area contributed by atoms with Crippen LogP contribution < -0.4 is 5.32 Å². The van der Waals surface area contributed by atoms with E-state index in [0.717, 1.165) is 30.6 Å². The summed E-state index contributed by atoms with van der Waals surface area (Å²) in [6, 6.07) is 13.2. The Kier molecular flexibility index (Phi) is 2.65. The van der Waals surface area contributed by atoms with Gasteiger partial charge >= 0.3 is 0 Å². The molecule has 0 unspecified atom stereocenters. The van der Waals surface area contributed by atoms with Crippen molar-refractivity contribution in [3.8, 4) is 11.1 Å². The van der Waals surface area contributed by atoms with Crippen LogP contribution in [0.4, 0.5) is 4.39 Å². The fraction of sp³-hybridized carbons (Fsp3) is 0.200. The number of fused-ring (bicyclic) bond motifs is 1. The topological polar surface area (TPSA) is 12.0 Å². The molecule has 1 N–H and O–H groups in total. The van der Waals surface area contributed by atoms with Gasteiger partial charge in [0.25, 0.3) is 0 Å². The van der Waals surface area contributed by atoms with Gasteiger partial charge in [0.1, 0.15) is 5.82 Å². The van der Waals surface area contributed by atoms with E-state index in [1.54, 1.807) is 12.1 Å². The second kappa shape index (κ2) is 4.30. The van der Waals surface area contributed by atoms with E-state index in [-0.39, 0.29) is 5.82 Å². The maximum atomic E-state index is 13.2. The Balaban J connectivity index is 2.04. The Bertz CT molecular complexity index is 548. The quantitative estimate of drug-likeness (QED) is 0.789. The molecule has 17 heavy (non-hydrogen) atoms. The van der Waals surface area contributed by atoms with E-state index in [9.17, 15) is 4.39 Å². The summed E-state index contributed by atoms with van der Waals surface area (Å²) in [5, 5.41) is 3.35. The third-order valence-electron chi connectivity index (χ3n) is 3.25. The van der Waals surface area contributed by atoms with Crippen LogP contribution in [-0.2, 0) is 13.0 Å². The van der Waals surface area contributed by atoms with Gasteiger partial charge in [0.15, 0.2) is 0 Å². The molecule has 2 aromatic carbocycles. The molecule has 1 nitrogen and oxygen atoms in total. The van der Waals surface area contributed by atoms with Crippen molar-refractivity contribution in [1.29, 1.82) is 0 Å². The number of nitrogens with one attached hydrogen (secondary N) is 1. The van der Waals surface area contributed by atoms with Gasteiger partial charge in [0, 0.05) is 6.54 Å². The van der Waals surface area contributed by atoms with Crippen LogP contribution in [0.5, 0.6) is 0 Å². The Morgan fingerprint density at radius 3 is 2.71 bits per heavy atom. The molecular weight excluding hydrogens is 213 g/mol. The van der Waals surface area contributed by atoms with Crippen molar-refractivity contribution >= 4 is 0 Å². The molecular formula is C15H14FN. The van der Waals surface area contributed by atoms with E-state index in [1.165, 1.54) is 17.2 Å². The van der Waals surface area contributed by atoms with Crippen LogP contribution >= 0.6 is 0 Å². The highest BCUT2D eigenvalue weighted by Gasteiger charge is 2.09. The van der Waals surface area contributed by atoms with Gasteiger partial charge in [-0.25, -0.2) is 4.39 Å². The highest BCUT2D eigenvalue weighted by atomic mass is 19.1. The van der Waals surface area contributed by atoms with E-state index in [1.807, 2.05) is 6.07 Å². The van der Waals surface area contributed by atoms with Crippen LogP contribution in [0.3, 0.4) is 0 Å². The van der Waals surface area contributed by atoms with Crippen LogP contribution in [0.2, 0.25) is 0 Å². The highest BCUT2D eigenvalue weighted by Crippen LogP contribution is 2.24. The molecule has 1 aliphatic heterocycles. The molecule has 2 heteroatoms. The van der Waals surface area contributed by atoms with Gasteiger partial charge in [-0.3, -0.25) is 0 Å². The summed E-state index contributed by atoms with van der Waals surface area (Å²) < 4.78 is 13.2. The molecule has 1 aliphatic rings. The van der Waals surface area contributed by atoms with Crippen LogP contribution in [0.25, 0.3) is 11.1 Å². The normalized spacial score (nSPS) is 14.4. The second-order valence-corrected chi connectivity index (χ2v) is 4.42. The van der Waals surface area contributed by atoms with Crippen molar-refractivity contribution in [2.24, 2.45) is 0 Å². The minimum atomic E-state index is -0.179. The summed E-state index contributed by atoms with van der Waals surface area (Å²) in [5.41, 5.74) is 4.79. The molecule has 0 radical (unpaired) electrons. The number of halogens is 1. The summed E-state index contributed by atoms with van der Waals surface area (Å²) in [7, 11) is 0. The third-order valence-corrected chi connectivity index (χ3v) is 3.25. The summed E-state index contributed by atoms with van der Waals surface area (Å²) >= 11 is 0. The highest BCUT2D eigenvalue weighted by molar-refractivity contribution is 5.65. The molecule has 0 atom stereocenters. The first kappa shape index (κ1) is 10.5. The van der Waals surface area contributed by atoms with Crippen molar-refractivity contribution in [3.05, 3.63) is 59.4 Å². The molecule has 0 bridgehead atoms. The van der Waals surface area contributed by atoms with Crippen LogP contribution in [0, 0.1) is 5.82 Å². The third kappa shape index (κ3) is 2.08. The molecule has 0 aliphatic carbocycles. The van der Waals surface area contributed by atoms with E-state index in [2.05, 4.69) is 23.5 Å². The zero-order valence-electron chi connectivity index (χ0n) is 9.54. The first-order chi connectivity index (χ1) is 8.33. The second-order valence-electron chi connectivity index (χ2n) is 4.42. The standard InChI is InChI=1S/C15H14FN/c16-15-3-1-2-11(9-15)12-4-5-14-10-17-7-6-13(14)8-12/h1-5,8-9,17H,6-7,10H2. The molecule has 0 saturated carbocycles. The van der Waals surface area contributed by atoms with Gasteiger partial charge in [0.2, 0.25) is 0 Å². The SMILES string of the molecule is Fc1cccc(-c2ccc3c(c2)CCNC3)c1. The predicted octanol–water partition coefficient (Wildman–Crippen LogP) is 3.14. The van der Waals surface area contributed by atoms with E-state index in [4.69, 9.17) is 0 Å². The average molecular weight is 227 g/mol. The van der Waals surface area contributed by atoms with Gasteiger partial charge in [-0.15, -0.1) is 0 Å². The molecule has 0 amide bonds. The molecule has 0 aromatic heterocycles. The van der Waals surface area contributed by atoms with Crippen molar-refractivity contribution < 1.29 is 4.39 Å². The minimum absolute atomic E-state index is 0.179. The lowest BCUT2D eigenvalue weighted by Gasteiger charge is -2.17. The van der Waals surface area contributed by atoms with E-state index >= 15 is 0 Å². The molecule has 86 valence electrons. The van der Waals surface area contributed by atoms with Crippen LogP contribution in [-0.4, -0.2) is 6.54 Å². The van der Waals surface area contributed by atoms with E-state index < -0.39 is 0 Å². The smallest absolute Gasteiger partial charge is 0.123 e. The zero-order valence-corrected chi connectivity index (χ0v) is 9.54. The molecule has 0 fully saturated rings. The monoisotopic (exact) mass is 227 g/mol. The minimum Gasteiger partial charge on any atom is -0.312 e. The fourth-order valence-electron chi connectivity index (χ4n) is 2.32. The maximum Gasteiger partial charge on any atom is 0.123 e. The molecule has 3 rings (SSSR count). The van der Waals surface area contributed by atoms with Crippen molar-refractivity contribution in [2.75, 3.05) is 6.54 Å². The first-order valence-corrected chi connectivity index (χ1v) is 5.91. The first-order valence-electron chi connectivity index (χ1n) is 5.91. The van der Waals surface area contributed by atoms with Crippen molar-refractivity contribution in [2.45, 2.75) is 13.0 Å². The van der Waals surface area contributed by atoms with Crippen LogP contribution in [0.1, 0.15) is 11.1 Å². The van der Waals surface area contributed by atoms with Gasteiger partial charge in [-0.2, -0.15) is 0 Å². The Morgan fingerprint density at radius 1 is 0.941 bits per heavy atom. The maximum absolute atomic E-state index is 13.2. The van der Waals surface area contributed by atoms with Gasteiger partial charge < -0.3 is 5.32 Å². The number of rotatable bonds is 1. The molecule has 0 spiro atoms. The molecule has 1 heterocycles. The zero-order chi connectivity index (χ0) is 11.7. The van der Waals surface area contributed by atoms with Gasteiger partial charge in [-0.05, 0) is 47.4 Å². The van der Waals surface area contributed by atoms with Gasteiger partial charge in [0.05, 0.1) is 0 Å². The van der Waals surface area contributed by atoms with E-state index in [0.29, 0.717) is 0 Å². The summed E-state index contributed by atoms with van der Waals surface area (Å²) in [6.07, 6.45) is 1.05. The number of hydrogen-bond acceptors (Lipinski definition) is 1. The Labute approximate surface area is 100 Å². The van der Waals surface area contributed by atoms with Crippen LogP contribution in [0.15, 0.2) is 42.5 Å². The van der Waals surface area contributed by atoms with Crippen molar-refractivity contribution in [1.82, 2.24) is 5.32 Å². The molecule has 2 aromatic rings. The van der Waals surface area contributed by atoms with Crippen molar-refractivity contribution in [3.63, 3.8) is 0 Å². The number of hydrogen-bond donors (Lipinski definition) is 1. The molecule has 0 saturated heterocycles. The van der Waals surface area contributed by atoms with Gasteiger partial charge in [-0.1, -0.05) is 30.3 Å². The number of benzene rings is 2. The summed E-state index contributed by atoms with van der Waals surface area (Å²) in [6.45, 7) is 1.97. The average Bonchev–Trinajstić information content (AvgIpc) is 2.38. The summed E-state index contributed by atoms with van der Waals surface area (Å²) in [4.78, 5) is 0. The lowest BCUT2D eigenvalue weighted by atomic mass is 9.95. The Morgan fingerprint density at radius 2 is 1.82 bits per heavy atom. The largest absolute Gasteiger partial charge is 0.312 e.